The number of carbonyl (C=O) groups excluding carboxylic acids is 1. The van der Waals surface area contributed by atoms with Crippen molar-refractivity contribution in [2.24, 2.45) is 0 Å². The Morgan fingerprint density at radius 1 is 1.23 bits per heavy atom. The number of hydrogen-bond donors (Lipinski definition) is 1. The van der Waals surface area contributed by atoms with E-state index in [1.807, 2.05) is 17.0 Å². The Labute approximate surface area is 162 Å². The zero-order valence-corrected chi connectivity index (χ0v) is 16.5. The van der Waals surface area contributed by atoms with Crippen molar-refractivity contribution < 1.29 is 14.3 Å². The van der Waals surface area contributed by atoms with Gasteiger partial charge in [-0.25, -0.2) is 0 Å². The van der Waals surface area contributed by atoms with Crippen molar-refractivity contribution in [1.29, 1.82) is 0 Å². The highest BCUT2D eigenvalue weighted by atomic mass is 35.5. The Morgan fingerprint density at radius 3 is 2.69 bits per heavy atom. The van der Waals surface area contributed by atoms with Crippen molar-refractivity contribution in [3.63, 3.8) is 0 Å². The summed E-state index contributed by atoms with van der Waals surface area (Å²) in [5, 5.41) is 3.46. The fourth-order valence-electron chi connectivity index (χ4n) is 3.54. The van der Waals surface area contributed by atoms with Gasteiger partial charge in [-0.05, 0) is 37.5 Å². The summed E-state index contributed by atoms with van der Waals surface area (Å²) >= 11 is 0. The highest BCUT2D eigenvalue weighted by Crippen LogP contribution is 2.29. The topological polar surface area (TPSA) is 54.0 Å². The van der Waals surface area contributed by atoms with Crippen LogP contribution in [0, 0.1) is 0 Å². The number of amides is 1. The molecule has 2 aliphatic rings. The molecule has 2 fully saturated rings. The van der Waals surface area contributed by atoms with Gasteiger partial charge in [0.25, 0.3) is 5.91 Å². The lowest BCUT2D eigenvalue weighted by atomic mass is 10.1. The number of likely N-dealkylation sites (tertiary alicyclic amines) is 1. The van der Waals surface area contributed by atoms with Gasteiger partial charge in [-0.2, -0.15) is 0 Å². The Kier molecular flexibility index (Phi) is 8.00. The Morgan fingerprint density at radius 2 is 2.00 bits per heavy atom. The van der Waals surface area contributed by atoms with E-state index in [1.165, 1.54) is 5.56 Å². The van der Waals surface area contributed by atoms with Crippen LogP contribution in [0.25, 0.3) is 0 Å². The van der Waals surface area contributed by atoms with Crippen molar-refractivity contribution in [2.45, 2.75) is 32.4 Å². The van der Waals surface area contributed by atoms with E-state index in [0.29, 0.717) is 17.5 Å². The molecule has 0 bridgehead atoms. The number of piperazine rings is 1. The van der Waals surface area contributed by atoms with Crippen LogP contribution in [-0.4, -0.2) is 68.2 Å². The molecule has 7 heteroatoms. The number of rotatable bonds is 6. The monoisotopic (exact) mass is 383 g/mol. The van der Waals surface area contributed by atoms with Gasteiger partial charge in [-0.3, -0.25) is 9.69 Å². The lowest BCUT2D eigenvalue weighted by Gasteiger charge is -2.31. The van der Waals surface area contributed by atoms with E-state index in [2.05, 4.69) is 23.2 Å². The SMILES string of the molecule is COc1cc(CN2CCN[C@H](C)C2)ccc1OCC(=O)N1CCCC1.Cl. The van der Waals surface area contributed by atoms with Crippen LogP contribution in [0.1, 0.15) is 25.3 Å². The third-order valence-electron chi connectivity index (χ3n) is 4.90. The first-order valence-electron chi connectivity index (χ1n) is 9.19. The zero-order valence-electron chi connectivity index (χ0n) is 15.7. The highest BCUT2D eigenvalue weighted by molar-refractivity contribution is 5.85. The van der Waals surface area contributed by atoms with E-state index in [1.54, 1.807) is 7.11 Å². The van der Waals surface area contributed by atoms with E-state index in [-0.39, 0.29) is 24.9 Å². The van der Waals surface area contributed by atoms with Crippen LogP contribution in [0.2, 0.25) is 0 Å². The minimum atomic E-state index is 0. The molecule has 1 aromatic carbocycles. The molecule has 6 nitrogen and oxygen atoms in total. The molecule has 1 atom stereocenters. The molecule has 0 aromatic heterocycles. The summed E-state index contributed by atoms with van der Waals surface area (Å²) in [7, 11) is 1.64. The third kappa shape index (κ3) is 5.50. The molecule has 2 aliphatic heterocycles. The first kappa shape index (κ1) is 20.8. The van der Waals surface area contributed by atoms with Crippen molar-refractivity contribution in [2.75, 3.05) is 46.4 Å². The molecule has 0 unspecified atom stereocenters. The molecule has 0 spiro atoms. The summed E-state index contributed by atoms with van der Waals surface area (Å²) in [5.74, 6) is 1.38. The van der Waals surface area contributed by atoms with Crippen LogP contribution in [0.3, 0.4) is 0 Å². The van der Waals surface area contributed by atoms with Crippen LogP contribution in [0.5, 0.6) is 11.5 Å². The first-order valence-corrected chi connectivity index (χ1v) is 9.19. The second kappa shape index (κ2) is 10.00. The van der Waals surface area contributed by atoms with Crippen LogP contribution in [0.15, 0.2) is 18.2 Å². The molecule has 1 aromatic rings. The van der Waals surface area contributed by atoms with Crippen LogP contribution in [-0.2, 0) is 11.3 Å². The molecule has 2 heterocycles. The molecule has 1 amide bonds. The van der Waals surface area contributed by atoms with Gasteiger partial charge in [-0.1, -0.05) is 6.07 Å². The average Bonchev–Trinajstić information content (AvgIpc) is 3.15. The van der Waals surface area contributed by atoms with Crippen molar-refractivity contribution in [3.8, 4) is 11.5 Å². The number of halogens is 1. The van der Waals surface area contributed by atoms with Gasteiger partial charge >= 0.3 is 0 Å². The fourth-order valence-corrected chi connectivity index (χ4v) is 3.54. The second-order valence-corrected chi connectivity index (χ2v) is 6.95. The number of methoxy groups -OCH3 is 1. The molecule has 2 saturated heterocycles. The van der Waals surface area contributed by atoms with Gasteiger partial charge in [0, 0.05) is 45.3 Å². The van der Waals surface area contributed by atoms with Crippen LogP contribution < -0.4 is 14.8 Å². The molecular formula is C19H30ClN3O3. The molecule has 26 heavy (non-hydrogen) atoms. The van der Waals surface area contributed by atoms with E-state index < -0.39 is 0 Å². The number of nitrogens with zero attached hydrogens (tertiary/aromatic N) is 2. The minimum Gasteiger partial charge on any atom is -0.493 e. The first-order chi connectivity index (χ1) is 12.2. The number of benzene rings is 1. The lowest BCUT2D eigenvalue weighted by Crippen LogP contribution is -2.48. The van der Waals surface area contributed by atoms with Gasteiger partial charge in [-0.15, -0.1) is 12.4 Å². The number of ether oxygens (including phenoxy) is 2. The van der Waals surface area contributed by atoms with Crippen molar-refractivity contribution >= 4 is 18.3 Å². The van der Waals surface area contributed by atoms with Gasteiger partial charge in [0.05, 0.1) is 7.11 Å². The van der Waals surface area contributed by atoms with Crippen LogP contribution >= 0.6 is 12.4 Å². The van der Waals surface area contributed by atoms with Crippen molar-refractivity contribution in [1.82, 2.24) is 15.1 Å². The molecule has 146 valence electrons. The fraction of sp³-hybridized carbons (Fsp3) is 0.632. The molecule has 0 saturated carbocycles. The number of hydrogen-bond acceptors (Lipinski definition) is 5. The summed E-state index contributed by atoms with van der Waals surface area (Å²) in [5.41, 5.74) is 1.20. The zero-order chi connectivity index (χ0) is 17.6. The minimum absolute atomic E-state index is 0. The van der Waals surface area contributed by atoms with Crippen LogP contribution in [0.4, 0.5) is 0 Å². The molecule has 0 aliphatic carbocycles. The summed E-state index contributed by atoms with van der Waals surface area (Å²) in [6.07, 6.45) is 2.18. The normalized spacial score (nSPS) is 20.5. The predicted octanol–water partition coefficient (Wildman–Crippen LogP) is 1.91. The van der Waals surface area contributed by atoms with E-state index >= 15 is 0 Å². The Balaban J connectivity index is 0.00000243. The van der Waals surface area contributed by atoms with Gasteiger partial charge in [0.1, 0.15) is 0 Å². The van der Waals surface area contributed by atoms with E-state index in [9.17, 15) is 4.79 Å². The quantitative estimate of drug-likeness (QED) is 0.813. The van der Waals surface area contributed by atoms with E-state index in [0.717, 1.165) is 52.1 Å². The van der Waals surface area contributed by atoms with Gasteiger partial charge in [0.2, 0.25) is 0 Å². The molecular weight excluding hydrogens is 354 g/mol. The molecule has 0 radical (unpaired) electrons. The largest absolute Gasteiger partial charge is 0.493 e. The second-order valence-electron chi connectivity index (χ2n) is 6.95. The van der Waals surface area contributed by atoms with Gasteiger partial charge in [0.15, 0.2) is 18.1 Å². The van der Waals surface area contributed by atoms with Crippen molar-refractivity contribution in [3.05, 3.63) is 23.8 Å². The summed E-state index contributed by atoms with van der Waals surface area (Å²) in [6, 6.07) is 6.51. The number of carbonyl (C=O) groups is 1. The Bertz CT molecular complexity index is 593. The average molecular weight is 384 g/mol. The highest BCUT2D eigenvalue weighted by Gasteiger charge is 2.19. The van der Waals surface area contributed by atoms with Gasteiger partial charge < -0.3 is 19.7 Å². The summed E-state index contributed by atoms with van der Waals surface area (Å²) in [6.45, 7) is 8.00. The smallest absolute Gasteiger partial charge is 0.260 e. The third-order valence-corrected chi connectivity index (χ3v) is 4.90. The molecule has 3 rings (SSSR count). The van der Waals surface area contributed by atoms with E-state index in [4.69, 9.17) is 9.47 Å². The maximum absolute atomic E-state index is 12.1. The standard InChI is InChI=1S/C19H29N3O3.ClH/c1-15-12-21(10-7-20-15)13-16-5-6-17(18(11-16)24-2)25-14-19(23)22-8-3-4-9-22;/h5-6,11,15,20H,3-4,7-10,12-14H2,1-2H3;1H/t15-;/m1./s1. The summed E-state index contributed by atoms with van der Waals surface area (Å²) < 4.78 is 11.2. The summed E-state index contributed by atoms with van der Waals surface area (Å²) in [4.78, 5) is 16.4. The predicted molar refractivity (Wildman–Crippen MR) is 104 cm³/mol. The Hall–Kier alpha value is -1.50. The maximum atomic E-state index is 12.1. The molecule has 1 N–H and O–H groups in total. The maximum Gasteiger partial charge on any atom is 0.260 e. The number of nitrogens with one attached hydrogen (secondary N) is 1. The lowest BCUT2D eigenvalue weighted by molar-refractivity contribution is -0.132.